The van der Waals surface area contributed by atoms with E-state index in [1.807, 2.05) is 53.9 Å². The Labute approximate surface area is 197 Å². The third kappa shape index (κ3) is 5.08. The van der Waals surface area contributed by atoms with Crippen LogP contribution in [0.4, 0.5) is 10.1 Å². The van der Waals surface area contributed by atoms with Gasteiger partial charge in [0.25, 0.3) is 0 Å². The summed E-state index contributed by atoms with van der Waals surface area (Å²) in [5, 5.41) is 6.46. The van der Waals surface area contributed by atoms with Crippen molar-refractivity contribution in [3.05, 3.63) is 94.7 Å². The molecule has 2 heterocycles. The highest BCUT2D eigenvalue weighted by Crippen LogP contribution is 2.34. The minimum atomic E-state index is -0.311. The van der Waals surface area contributed by atoms with E-state index in [1.165, 1.54) is 23.5 Å². The van der Waals surface area contributed by atoms with Gasteiger partial charge in [0.05, 0.1) is 28.0 Å². The molecule has 0 radical (unpaired) electrons. The van der Waals surface area contributed by atoms with Gasteiger partial charge in [-0.05, 0) is 48.5 Å². The van der Waals surface area contributed by atoms with Crippen molar-refractivity contribution >= 4 is 44.5 Å². The predicted molar refractivity (Wildman–Crippen MR) is 130 cm³/mol. The van der Waals surface area contributed by atoms with E-state index < -0.39 is 0 Å². The summed E-state index contributed by atoms with van der Waals surface area (Å²) in [6, 6.07) is 21.5. The molecule has 0 fully saturated rings. The van der Waals surface area contributed by atoms with Crippen LogP contribution in [-0.2, 0) is 17.8 Å². The number of benzene rings is 3. The molecule has 3 aromatic carbocycles. The van der Waals surface area contributed by atoms with E-state index in [0.717, 1.165) is 31.5 Å². The molecule has 0 spiro atoms. The van der Waals surface area contributed by atoms with Crippen LogP contribution in [0.5, 0.6) is 5.75 Å². The molecule has 8 heteroatoms. The number of carbonyl (C=O) groups excluding carboxylic acids is 1. The van der Waals surface area contributed by atoms with Gasteiger partial charge in [0.2, 0.25) is 5.91 Å². The number of hydrogen-bond donors (Lipinski definition) is 1. The van der Waals surface area contributed by atoms with E-state index >= 15 is 0 Å². The number of fused-ring (bicyclic) bond motifs is 1. The molecule has 0 aliphatic rings. The van der Waals surface area contributed by atoms with Gasteiger partial charge in [-0.25, -0.2) is 14.4 Å². The maximum absolute atomic E-state index is 13.0. The zero-order valence-corrected chi connectivity index (χ0v) is 19.0. The number of rotatable bonds is 7. The molecular formula is C25H18FN3O2S2. The van der Waals surface area contributed by atoms with Crippen LogP contribution in [0.25, 0.3) is 20.8 Å². The molecule has 5 nitrogen and oxygen atoms in total. The number of thiazole rings is 2. The smallest absolute Gasteiger partial charge is 0.230 e. The van der Waals surface area contributed by atoms with Crippen LogP contribution < -0.4 is 10.1 Å². The van der Waals surface area contributed by atoms with Crippen molar-refractivity contribution in [3.8, 4) is 16.3 Å². The topological polar surface area (TPSA) is 64.1 Å². The molecule has 0 atom stereocenters. The molecule has 1 amide bonds. The first-order valence-electron chi connectivity index (χ1n) is 10.2. The number of hydrogen-bond acceptors (Lipinski definition) is 6. The lowest BCUT2D eigenvalue weighted by Gasteiger charge is -2.08. The molecule has 0 bridgehead atoms. The number of anilines is 1. The maximum atomic E-state index is 13.0. The fourth-order valence-electron chi connectivity index (χ4n) is 3.30. The van der Waals surface area contributed by atoms with Gasteiger partial charge in [-0.15, -0.1) is 22.7 Å². The summed E-state index contributed by atoms with van der Waals surface area (Å²) in [6.07, 6.45) is 0.154. The van der Waals surface area contributed by atoms with Crippen molar-refractivity contribution in [2.45, 2.75) is 13.0 Å². The Morgan fingerprint density at radius 1 is 0.970 bits per heavy atom. The van der Waals surface area contributed by atoms with E-state index in [0.29, 0.717) is 11.4 Å². The summed E-state index contributed by atoms with van der Waals surface area (Å²) in [7, 11) is 0. The first-order valence-corrected chi connectivity index (χ1v) is 11.9. The lowest BCUT2D eigenvalue weighted by Crippen LogP contribution is -2.15. The van der Waals surface area contributed by atoms with Crippen LogP contribution in [0, 0.1) is 5.82 Å². The number of amides is 1. The van der Waals surface area contributed by atoms with E-state index in [4.69, 9.17) is 9.72 Å². The zero-order valence-electron chi connectivity index (χ0n) is 17.3. The van der Waals surface area contributed by atoms with E-state index in [2.05, 4.69) is 10.3 Å². The average Bonchev–Trinajstić information content (AvgIpc) is 3.45. The van der Waals surface area contributed by atoms with Crippen molar-refractivity contribution in [1.82, 2.24) is 9.97 Å². The maximum Gasteiger partial charge on any atom is 0.230 e. The third-order valence-electron chi connectivity index (χ3n) is 4.84. The van der Waals surface area contributed by atoms with Crippen molar-refractivity contribution in [2.75, 3.05) is 5.32 Å². The van der Waals surface area contributed by atoms with Crippen LogP contribution in [-0.4, -0.2) is 15.9 Å². The normalized spacial score (nSPS) is 10.9. The van der Waals surface area contributed by atoms with Crippen LogP contribution in [0.1, 0.15) is 10.7 Å². The minimum absolute atomic E-state index is 0.153. The molecule has 5 aromatic rings. The van der Waals surface area contributed by atoms with Crippen LogP contribution >= 0.6 is 22.7 Å². The SMILES string of the molecule is O=C(Cc1csc(COc2ccc(F)cc2)n1)Nc1ccccc1-c1nc2ccccc2s1. The number of aromatic nitrogens is 2. The number of nitrogens with one attached hydrogen (secondary N) is 1. The van der Waals surface area contributed by atoms with Gasteiger partial charge in [0, 0.05) is 10.9 Å². The van der Waals surface area contributed by atoms with Gasteiger partial charge in [-0.3, -0.25) is 4.79 Å². The Bertz CT molecular complexity index is 1380. The largest absolute Gasteiger partial charge is 0.486 e. The van der Waals surface area contributed by atoms with Crippen molar-refractivity contribution < 1.29 is 13.9 Å². The fraction of sp³-hybridized carbons (Fsp3) is 0.0800. The van der Waals surface area contributed by atoms with Gasteiger partial charge in [-0.2, -0.15) is 0 Å². The molecule has 0 aliphatic heterocycles. The molecule has 164 valence electrons. The first kappa shape index (κ1) is 21.2. The summed E-state index contributed by atoms with van der Waals surface area (Å²) >= 11 is 3.02. The van der Waals surface area contributed by atoms with Gasteiger partial charge in [0.1, 0.15) is 28.2 Å². The standard InChI is InChI=1S/C25H18FN3O2S2/c26-16-9-11-18(12-10-16)31-14-24-27-17(15-32-24)13-23(30)28-20-6-2-1-5-19(20)25-29-21-7-3-4-8-22(21)33-25/h1-12,15H,13-14H2,(H,28,30). The van der Waals surface area contributed by atoms with Gasteiger partial charge in [0.15, 0.2) is 0 Å². The average molecular weight is 476 g/mol. The van der Waals surface area contributed by atoms with Gasteiger partial charge >= 0.3 is 0 Å². The summed E-state index contributed by atoms with van der Waals surface area (Å²) in [6.45, 7) is 0.262. The Morgan fingerprint density at radius 3 is 2.61 bits per heavy atom. The highest BCUT2D eigenvalue weighted by Gasteiger charge is 2.14. The number of para-hydroxylation sites is 2. The molecule has 0 unspecified atom stereocenters. The first-order chi connectivity index (χ1) is 16.1. The highest BCUT2D eigenvalue weighted by molar-refractivity contribution is 7.21. The molecule has 0 aliphatic carbocycles. The Kier molecular flexibility index (Phi) is 6.10. The van der Waals surface area contributed by atoms with Crippen molar-refractivity contribution in [2.24, 2.45) is 0 Å². The van der Waals surface area contributed by atoms with E-state index in [9.17, 15) is 9.18 Å². The second-order valence-electron chi connectivity index (χ2n) is 7.23. The van der Waals surface area contributed by atoms with E-state index in [-0.39, 0.29) is 24.8 Å². The number of carbonyl (C=O) groups is 1. The second-order valence-corrected chi connectivity index (χ2v) is 9.21. The number of nitrogens with zero attached hydrogens (tertiary/aromatic N) is 2. The van der Waals surface area contributed by atoms with Gasteiger partial charge in [-0.1, -0.05) is 24.3 Å². The van der Waals surface area contributed by atoms with Crippen LogP contribution in [0.2, 0.25) is 0 Å². The van der Waals surface area contributed by atoms with Gasteiger partial charge < -0.3 is 10.1 Å². The predicted octanol–water partition coefficient (Wildman–Crippen LogP) is 6.32. The summed E-state index contributed by atoms with van der Waals surface area (Å²) in [5.41, 5.74) is 3.22. The fourth-order valence-corrected chi connectivity index (χ4v) is 5.01. The number of ether oxygens (including phenoxy) is 1. The minimum Gasteiger partial charge on any atom is -0.486 e. The van der Waals surface area contributed by atoms with Crippen LogP contribution in [0.3, 0.4) is 0 Å². The van der Waals surface area contributed by atoms with Crippen molar-refractivity contribution in [3.63, 3.8) is 0 Å². The molecule has 2 aromatic heterocycles. The quantitative estimate of drug-likeness (QED) is 0.299. The lowest BCUT2D eigenvalue weighted by molar-refractivity contribution is -0.115. The second kappa shape index (κ2) is 9.48. The Balaban J connectivity index is 1.24. The van der Waals surface area contributed by atoms with Crippen molar-refractivity contribution in [1.29, 1.82) is 0 Å². The number of halogens is 1. The summed E-state index contributed by atoms with van der Waals surface area (Å²) in [4.78, 5) is 21.9. The molecule has 33 heavy (non-hydrogen) atoms. The van der Waals surface area contributed by atoms with E-state index in [1.54, 1.807) is 23.5 Å². The Hall–Kier alpha value is -3.62. The molecule has 1 N–H and O–H groups in total. The molecule has 0 saturated carbocycles. The van der Waals surface area contributed by atoms with Crippen LogP contribution in [0.15, 0.2) is 78.2 Å². The molecular weight excluding hydrogens is 457 g/mol. The third-order valence-corrected chi connectivity index (χ3v) is 6.78. The molecule has 0 saturated heterocycles. The Morgan fingerprint density at radius 2 is 1.76 bits per heavy atom. The molecule has 5 rings (SSSR count). The monoisotopic (exact) mass is 475 g/mol. The lowest BCUT2D eigenvalue weighted by atomic mass is 10.1. The summed E-state index contributed by atoms with van der Waals surface area (Å²) in [5.74, 6) is 0.104. The summed E-state index contributed by atoms with van der Waals surface area (Å²) < 4.78 is 19.7. The highest BCUT2D eigenvalue weighted by atomic mass is 32.1. The zero-order chi connectivity index (χ0) is 22.6.